The molecule has 6 rings (SSSR count). The SMILES string of the molecule is O=C(C(O)c1cccc(Cl)c1)N1CCCc2nc(C3(c4cccc(C5=CCCC5)c4)CC3)[nH]c(=O)c2C1. The first-order chi connectivity index (χ1) is 17.9. The van der Waals surface area contributed by atoms with Gasteiger partial charge in [0, 0.05) is 11.6 Å². The molecule has 2 N–H and O–H groups in total. The smallest absolute Gasteiger partial charge is 0.256 e. The number of halogens is 1. The van der Waals surface area contributed by atoms with E-state index in [-0.39, 0.29) is 17.5 Å². The number of aliphatic hydroxyl groups excluding tert-OH is 1. The Balaban J connectivity index is 1.28. The van der Waals surface area contributed by atoms with E-state index in [4.69, 9.17) is 16.6 Å². The number of hydrogen-bond donors (Lipinski definition) is 2. The number of aliphatic hydroxyl groups is 1. The monoisotopic (exact) mass is 515 g/mol. The molecule has 0 saturated heterocycles. The third-order valence-electron chi connectivity index (χ3n) is 8.03. The minimum absolute atomic E-state index is 0.130. The first-order valence-corrected chi connectivity index (χ1v) is 13.5. The van der Waals surface area contributed by atoms with Crippen LogP contribution in [0, 0.1) is 0 Å². The Hall–Kier alpha value is -3.22. The molecule has 0 spiro atoms. The number of rotatable bonds is 5. The van der Waals surface area contributed by atoms with Crippen LogP contribution in [0.3, 0.4) is 0 Å². The van der Waals surface area contributed by atoms with Crippen molar-refractivity contribution in [2.75, 3.05) is 6.54 Å². The molecular weight excluding hydrogens is 486 g/mol. The molecule has 1 atom stereocenters. The van der Waals surface area contributed by atoms with Crippen LogP contribution in [0.15, 0.2) is 59.4 Å². The van der Waals surface area contributed by atoms with E-state index < -0.39 is 12.0 Å². The van der Waals surface area contributed by atoms with E-state index in [2.05, 4.69) is 35.3 Å². The molecule has 190 valence electrons. The molecule has 1 aromatic heterocycles. The molecule has 1 saturated carbocycles. The first-order valence-electron chi connectivity index (χ1n) is 13.1. The van der Waals surface area contributed by atoms with Crippen LogP contribution in [0.4, 0.5) is 0 Å². The Morgan fingerprint density at radius 3 is 2.70 bits per heavy atom. The van der Waals surface area contributed by atoms with E-state index in [1.165, 1.54) is 23.1 Å². The summed E-state index contributed by atoms with van der Waals surface area (Å²) in [4.78, 5) is 36.1. The van der Waals surface area contributed by atoms with Gasteiger partial charge in [-0.1, -0.05) is 54.1 Å². The number of carbonyl (C=O) groups is 1. The van der Waals surface area contributed by atoms with Gasteiger partial charge in [-0.25, -0.2) is 4.98 Å². The van der Waals surface area contributed by atoms with E-state index in [0.29, 0.717) is 35.5 Å². The topological polar surface area (TPSA) is 86.3 Å². The molecule has 0 radical (unpaired) electrons. The van der Waals surface area contributed by atoms with Crippen molar-refractivity contribution in [1.82, 2.24) is 14.9 Å². The van der Waals surface area contributed by atoms with E-state index in [9.17, 15) is 14.7 Å². The molecule has 7 heteroatoms. The summed E-state index contributed by atoms with van der Waals surface area (Å²) in [6.07, 6.45) is 7.66. The van der Waals surface area contributed by atoms with Crippen molar-refractivity contribution in [3.05, 3.63) is 104 Å². The van der Waals surface area contributed by atoms with Crippen molar-refractivity contribution in [2.45, 2.75) is 63.0 Å². The zero-order chi connectivity index (χ0) is 25.6. The molecule has 2 aliphatic carbocycles. The number of allylic oxidation sites excluding steroid dienone is 2. The van der Waals surface area contributed by atoms with Crippen LogP contribution in [0.5, 0.6) is 0 Å². The Morgan fingerprint density at radius 2 is 1.95 bits per heavy atom. The van der Waals surface area contributed by atoms with Gasteiger partial charge in [0.1, 0.15) is 5.82 Å². The largest absolute Gasteiger partial charge is 0.378 e. The molecule has 1 unspecified atom stereocenters. The second kappa shape index (κ2) is 9.58. The van der Waals surface area contributed by atoms with Gasteiger partial charge in [0.2, 0.25) is 0 Å². The summed E-state index contributed by atoms with van der Waals surface area (Å²) >= 11 is 6.04. The number of nitrogens with one attached hydrogen (secondary N) is 1. The third kappa shape index (κ3) is 4.53. The van der Waals surface area contributed by atoms with Gasteiger partial charge in [-0.2, -0.15) is 0 Å². The molecular formula is C30H30ClN3O3. The maximum Gasteiger partial charge on any atom is 0.256 e. The molecule has 3 aromatic rings. The van der Waals surface area contributed by atoms with Gasteiger partial charge < -0.3 is 15.0 Å². The summed E-state index contributed by atoms with van der Waals surface area (Å²) in [7, 11) is 0. The highest BCUT2D eigenvalue weighted by molar-refractivity contribution is 6.30. The maximum absolute atomic E-state index is 13.3. The third-order valence-corrected chi connectivity index (χ3v) is 8.27. The van der Waals surface area contributed by atoms with Crippen LogP contribution in [0.2, 0.25) is 5.02 Å². The number of fused-ring (bicyclic) bond motifs is 1. The number of nitrogens with zero attached hydrogens (tertiary/aromatic N) is 2. The highest BCUT2D eigenvalue weighted by atomic mass is 35.5. The Bertz CT molecular complexity index is 1460. The van der Waals surface area contributed by atoms with E-state index in [1.807, 2.05) is 0 Å². The molecule has 1 fully saturated rings. The summed E-state index contributed by atoms with van der Waals surface area (Å²) in [5, 5.41) is 11.2. The maximum atomic E-state index is 13.3. The highest BCUT2D eigenvalue weighted by Gasteiger charge is 2.49. The van der Waals surface area contributed by atoms with Crippen molar-refractivity contribution in [2.24, 2.45) is 0 Å². The number of aromatic nitrogens is 2. The van der Waals surface area contributed by atoms with Crippen molar-refractivity contribution in [3.63, 3.8) is 0 Å². The molecule has 6 nitrogen and oxygen atoms in total. The van der Waals surface area contributed by atoms with Gasteiger partial charge >= 0.3 is 0 Å². The normalized spacial score (nSPS) is 19.1. The van der Waals surface area contributed by atoms with Gasteiger partial charge in [0.25, 0.3) is 11.5 Å². The molecule has 3 aliphatic rings. The van der Waals surface area contributed by atoms with Crippen molar-refractivity contribution >= 4 is 23.1 Å². The van der Waals surface area contributed by atoms with Crippen LogP contribution in [0.25, 0.3) is 5.57 Å². The predicted molar refractivity (Wildman–Crippen MR) is 143 cm³/mol. The Kier molecular flexibility index (Phi) is 6.25. The predicted octanol–water partition coefficient (Wildman–Crippen LogP) is 5.08. The lowest BCUT2D eigenvalue weighted by Gasteiger charge is -2.24. The van der Waals surface area contributed by atoms with Crippen LogP contribution >= 0.6 is 11.6 Å². The number of aromatic amines is 1. The summed E-state index contributed by atoms with van der Waals surface area (Å²) < 4.78 is 0. The minimum Gasteiger partial charge on any atom is -0.378 e. The zero-order valence-electron chi connectivity index (χ0n) is 20.7. The van der Waals surface area contributed by atoms with Crippen LogP contribution in [-0.4, -0.2) is 32.4 Å². The number of aryl methyl sites for hydroxylation is 1. The van der Waals surface area contributed by atoms with Crippen molar-refractivity contribution in [1.29, 1.82) is 0 Å². The average molecular weight is 516 g/mol. The lowest BCUT2D eigenvalue weighted by molar-refractivity contribution is -0.141. The summed E-state index contributed by atoms with van der Waals surface area (Å²) in [5.41, 5.74) is 5.13. The fraction of sp³-hybridized carbons (Fsp3) is 0.367. The molecule has 37 heavy (non-hydrogen) atoms. The fourth-order valence-electron chi connectivity index (χ4n) is 5.77. The first kappa shape index (κ1) is 24.1. The average Bonchev–Trinajstić information content (AvgIpc) is 3.60. The van der Waals surface area contributed by atoms with E-state index in [0.717, 1.165) is 37.2 Å². The highest BCUT2D eigenvalue weighted by Crippen LogP contribution is 2.52. The van der Waals surface area contributed by atoms with Gasteiger partial charge in [-0.15, -0.1) is 0 Å². The molecule has 2 heterocycles. The fourth-order valence-corrected chi connectivity index (χ4v) is 5.96. The zero-order valence-corrected chi connectivity index (χ0v) is 21.4. The standard InChI is InChI=1S/C30H30ClN3O3/c31-23-11-4-9-21(17-23)26(35)28(37)34-15-5-12-25-24(18-34)27(36)33-29(32-25)30(13-14-30)22-10-3-8-20(16-22)19-6-1-2-7-19/h3-4,6,8-11,16-17,26,35H,1-2,5,7,12-15,18H2,(H,32,33,36). The van der Waals surface area contributed by atoms with Gasteiger partial charge in [0.05, 0.1) is 23.2 Å². The molecule has 2 aromatic carbocycles. The van der Waals surface area contributed by atoms with Crippen molar-refractivity contribution < 1.29 is 9.90 Å². The Morgan fingerprint density at radius 1 is 1.11 bits per heavy atom. The number of amides is 1. The van der Waals surface area contributed by atoms with Crippen molar-refractivity contribution in [3.8, 4) is 0 Å². The van der Waals surface area contributed by atoms with Crippen LogP contribution < -0.4 is 5.56 Å². The minimum atomic E-state index is -1.33. The van der Waals surface area contributed by atoms with Gasteiger partial charge in [-0.05, 0) is 79.3 Å². The summed E-state index contributed by atoms with van der Waals surface area (Å²) in [6, 6.07) is 15.4. The summed E-state index contributed by atoms with van der Waals surface area (Å²) in [5.74, 6) is 0.294. The quantitative estimate of drug-likeness (QED) is 0.496. The molecule has 1 amide bonds. The van der Waals surface area contributed by atoms with E-state index >= 15 is 0 Å². The lowest BCUT2D eigenvalue weighted by atomic mass is 9.91. The number of H-pyrrole nitrogens is 1. The molecule has 1 aliphatic heterocycles. The number of hydrogen-bond acceptors (Lipinski definition) is 4. The van der Waals surface area contributed by atoms with Crippen LogP contribution in [0.1, 0.15) is 78.4 Å². The second-order valence-corrected chi connectivity index (χ2v) is 10.9. The lowest BCUT2D eigenvalue weighted by Crippen LogP contribution is -2.36. The Labute approximate surface area is 221 Å². The van der Waals surface area contributed by atoms with Crippen LogP contribution in [-0.2, 0) is 23.2 Å². The summed E-state index contributed by atoms with van der Waals surface area (Å²) in [6.45, 7) is 0.578. The van der Waals surface area contributed by atoms with Gasteiger partial charge in [-0.3, -0.25) is 9.59 Å². The molecule has 0 bridgehead atoms. The van der Waals surface area contributed by atoms with Gasteiger partial charge in [0.15, 0.2) is 6.10 Å². The number of carbonyl (C=O) groups excluding carboxylic acids is 1. The number of benzene rings is 2. The second-order valence-electron chi connectivity index (χ2n) is 10.4. The van der Waals surface area contributed by atoms with E-state index in [1.54, 1.807) is 29.2 Å².